The Balaban J connectivity index is 2.03. The zero-order valence-corrected chi connectivity index (χ0v) is 7.32. The van der Waals surface area contributed by atoms with E-state index in [1.165, 1.54) is 12.8 Å². The number of aliphatic hydroxyl groups excluding tert-OH is 2. The molecule has 2 N–H and O–H groups in total. The van der Waals surface area contributed by atoms with Crippen molar-refractivity contribution in [2.75, 3.05) is 19.7 Å². The van der Waals surface area contributed by atoms with E-state index in [9.17, 15) is 5.11 Å². The van der Waals surface area contributed by atoms with Gasteiger partial charge in [0.05, 0.1) is 6.10 Å². The topological polar surface area (TPSA) is 43.7 Å². The van der Waals surface area contributed by atoms with Crippen molar-refractivity contribution in [2.24, 2.45) is 5.92 Å². The van der Waals surface area contributed by atoms with Gasteiger partial charge < -0.3 is 10.2 Å². The van der Waals surface area contributed by atoms with Gasteiger partial charge in [0, 0.05) is 25.1 Å². The second-order valence-corrected chi connectivity index (χ2v) is 3.99. The summed E-state index contributed by atoms with van der Waals surface area (Å²) in [6.07, 6.45) is 3.31. The minimum absolute atomic E-state index is 0.105. The standard InChI is InChI=1S/C9H17NO2/c11-6-7-5-10-4-2-1-3-8(10)9(7)12/h7-9,11-12H,1-6H2/t7-,8+,9+/m0/s1. The molecule has 2 aliphatic heterocycles. The Hall–Kier alpha value is -0.120. The fourth-order valence-electron chi connectivity index (χ4n) is 2.52. The molecule has 0 unspecified atom stereocenters. The van der Waals surface area contributed by atoms with E-state index in [1.807, 2.05) is 0 Å². The number of hydrogen-bond acceptors (Lipinski definition) is 3. The van der Waals surface area contributed by atoms with Gasteiger partial charge in [-0.1, -0.05) is 6.42 Å². The van der Waals surface area contributed by atoms with Crippen LogP contribution in [0.5, 0.6) is 0 Å². The van der Waals surface area contributed by atoms with Gasteiger partial charge >= 0.3 is 0 Å². The highest BCUT2D eigenvalue weighted by Crippen LogP contribution is 2.30. The Morgan fingerprint density at radius 3 is 2.83 bits per heavy atom. The van der Waals surface area contributed by atoms with Crippen LogP contribution in [0.25, 0.3) is 0 Å². The lowest BCUT2D eigenvalue weighted by Crippen LogP contribution is -2.39. The molecule has 2 heterocycles. The Bertz CT molecular complexity index is 161. The van der Waals surface area contributed by atoms with Crippen LogP contribution in [0.2, 0.25) is 0 Å². The second-order valence-electron chi connectivity index (χ2n) is 3.99. The monoisotopic (exact) mass is 171 g/mol. The molecule has 0 radical (unpaired) electrons. The maximum absolute atomic E-state index is 9.78. The summed E-state index contributed by atoms with van der Waals surface area (Å²) >= 11 is 0. The molecule has 0 saturated carbocycles. The zero-order chi connectivity index (χ0) is 8.55. The van der Waals surface area contributed by atoms with Gasteiger partial charge in [0.25, 0.3) is 0 Å². The molecule has 70 valence electrons. The molecular formula is C9H17NO2. The van der Waals surface area contributed by atoms with E-state index >= 15 is 0 Å². The van der Waals surface area contributed by atoms with Gasteiger partial charge in [0.2, 0.25) is 0 Å². The van der Waals surface area contributed by atoms with Crippen LogP contribution in [0.1, 0.15) is 19.3 Å². The van der Waals surface area contributed by atoms with E-state index in [4.69, 9.17) is 5.11 Å². The average Bonchev–Trinajstić information content (AvgIpc) is 2.44. The Kier molecular flexibility index (Phi) is 2.35. The molecule has 3 atom stereocenters. The molecule has 2 rings (SSSR count). The van der Waals surface area contributed by atoms with Crippen molar-refractivity contribution in [3.05, 3.63) is 0 Å². The smallest absolute Gasteiger partial charge is 0.0757 e. The summed E-state index contributed by atoms with van der Waals surface area (Å²) in [6.45, 7) is 2.13. The van der Waals surface area contributed by atoms with Crippen molar-refractivity contribution in [1.82, 2.24) is 4.90 Å². The molecule has 0 spiro atoms. The van der Waals surface area contributed by atoms with E-state index in [-0.39, 0.29) is 18.6 Å². The first-order valence-corrected chi connectivity index (χ1v) is 4.86. The van der Waals surface area contributed by atoms with Gasteiger partial charge in [-0.2, -0.15) is 0 Å². The molecule has 3 heteroatoms. The predicted molar refractivity (Wildman–Crippen MR) is 45.8 cm³/mol. The lowest BCUT2D eigenvalue weighted by atomic mass is 9.97. The van der Waals surface area contributed by atoms with Gasteiger partial charge in [0.15, 0.2) is 0 Å². The summed E-state index contributed by atoms with van der Waals surface area (Å²) in [5.74, 6) is 0.105. The summed E-state index contributed by atoms with van der Waals surface area (Å²) < 4.78 is 0. The predicted octanol–water partition coefficient (Wildman–Crippen LogP) is -0.176. The number of nitrogens with zero attached hydrogens (tertiary/aromatic N) is 1. The average molecular weight is 171 g/mol. The molecule has 0 aromatic heterocycles. The Morgan fingerprint density at radius 2 is 2.17 bits per heavy atom. The van der Waals surface area contributed by atoms with Gasteiger partial charge in [0.1, 0.15) is 0 Å². The lowest BCUT2D eigenvalue weighted by Gasteiger charge is -2.30. The first-order valence-electron chi connectivity index (χ1n) is 4.86. The summed E-state index contributed by atoms with van der Waals surface area (Å²) in [5, 5.41) is 18.8. The van der Waals surface area contributed by atoms with Crippen LogP contribution < -0.4 is 0 Å². The van der Waals surface area contributed by atoms with Crippen LogP contribution in [0.4, 0.5) is 0 Å². The molecule has 0 aromatic rings. The first kappa shape index (κ1) is 8.48. The van der Waals surface area contributed by atoms with Crippen LogP contribution in [0.15, 0.2) is 0 Å². The minimum atomic E-state index is -0.282. The van der Waals surface area contributed by atoms with Crippen molar-refractivity contribution >= 4 is 0 Å². The number of rotatable bonds is 1. The highest BCUT2D eigenvalue weighted by molar-refractivity contribution is 4.94. The quantitative estimate of drug-likeness (QED) is 0.575. The molecule has 0 aliphatic carbocycles. The van der Waals surface area contributed by atoms with Gasteiger partial charge in [-0.3, -0.25) is 4.90 Å². The van der Waals surface area contributed by atoms with Crippen LogP contribution in [-0.2, 0) is 0 Å². The molecular weight excluding hydrogens is 154 g/mol. The lowest BCUT2D eigenvalue weighted by molar-refractivity contribution is 0.0610. The second kappa shape index (κ2) is 3.32. The highest BCUT2D eigenvalue weighted by atomic mass is 16.3. The van der Waals surface area contributed by atoms with E-state index in [0.717, 1.165) is 19.5 Å². The normalized spacial score (nSPS) is 43.0. The Morgan fingerprint density at radius 1 is 1.33 bits per heavy atom. The summed E-state index contributed by atoms with van der Waals surface area (Å²) in [7, 11) is 0. The molecule has 3 nitrogen and oxygen atoms in total. The Labute approximate surface area is 73.0 Å². The van der Waals surface area contributed by atoms with Crippen LogP contribution >= 0.6 is 0 Å². The molecule has 2 fully saturated rings. The number of hydrogen-bond donors (Lipinski definition) is 2. The molecule has 0 amide bonds. The summed E-state index contributed by atoms with van der Waals surface area (Å²) in [6, 6.07) is 0.343. The minimum Gasteiger partial charge on any atom is -0.396 e. The van der Waals surface area contributed by atoms with E-state index in [0.29, 0.717) is 6.04 Å². The van der Waals surface area contributed by atoms with Crippen LogP contribution in [0, 0.1) is 5.92 Å². The number of fused-ring (bicyclic) bond motifs is 1. The molecule has 2 aliphatic rings. The summed E-state index contributed by atoms with van der Waals surface area (Å²) in [5.41, 5.74) is 0. The van der Waals surface area contributed by atoms with Gasteiger partial charge in [-0.25, -0.2) is 0 Å². The molecule has 0 aromatic carbocycles. The van der Waals surface area contributed by atoms with E-state index < -0.39 is 0 Å². The van der Waals surface area contributed by atoms with E-state index in [1.54, 1.807) is 0 Å². The van der Waals surface area contributed by atoms with Crippen molar-refractivity contribution in [3.63, 3.8) is 0 Å². The van der Waals surface area contributed by atoms with Crippen molar-refractivity contribution in [2.45, 2.75) is 31.4 Å². The third-order valence-electron chi connectivity index (χ3n) is 3.24. The van der Waals surface area contributed by atoms with Gasteiger partial charge in [-0.05, 0) is 19.4 Å². The van der Waals surface area contributed by atoms with Crippen LogP contribution in [0.3, 0.4) is 0 Å². The third kappa shape index (κ3) is 1.26. The zero-order valence-electron chi connectivity index (χ0n) is 7.32. The SMILES string of the molecule is OC[C@@H]1CN2CCCC[C@@H]2[C@@H]1O. The van der Waals surface area contributed by atoms with E-state index in [2.05, 4.69) is 4.90 Å². The first-order chi connectivity index (χ1) is 5.83. The fourth-order valence-corrected chi connectivity index (χ4v) is 2.52. The molecule has 0 bridgehead atoms. The highest BCUT2D eigenvalue weighted by Gasteiger charge is 2.40. The van der Waals surface area contributed by atoms with Gasteiger partial charge in [-0.15, -0.1) is 0 Å². The van der Waals surface area contributed by atoms with Crippen molar-refractivity contribution in [3.8, 4) is 0 Å². The molecule has 2 saturated heterocycles. The van der Waals surface area contributed by atoms with Crippen molar-refractivity contribution < 1.29 is 10.2 Å². The number of piperidine rings is 1. The maximum Gasteiger partial charge on any atom is 0.0757 e. The summed E-state index contributed by atoms with van der Waals surface area (Å²) in [4.78, 5) is 2.33. The third-order valence-corrected chi connectivity index (χ3v) is 3.24. The largest absolute Gasteiger partial charge is 0.396 e. The molecule has 12 heavy (non-hydrogen) atoms. The van der Waals surface area contributed by atoms with Crippen molar-refractivity contribution in [1.29, 1.82) is 0 Å². The maximum atomic E-state index is 9.78. The fraction of sp³-hybridized carbons (Fsp3) is 1.00. The number of aliphatic hydroxyl groups is 2. The van der Waals surface area contributed by atoms with Crippen LogP contribution in [-0.4, -0.2) is 47.0 Å².